The largest absolute Gasteiger partial charge is 0.493 e. The highest BCUT2D eigenvalue weighted by Gasteiger charge is 2.17. The number of nitrogens with one attached hydrogen (secondary N) is 1. The second kappa shape index (κ2) is 8.09. The van der Waals surface area contributed by atoms with Gasteiger partial charge in [-0.25, -0.2) is 4.79 Å². The van der Waals surface area contributed by atoms with E-state index in [4.69, 9.17) is 32.7 Å². The van der Waals surface area contributed by atoms with Gasteiger partial charge in [0.05, 0.1) is 42.6 Å². The third-order valence-electron chi connectivity index (χ3n) is 3.33. The second-order valence-electron chi connectivity index (χ2n) is 4.83. The molecule has 8 heteroatoms. The summed E-state index contributed by atoms with van der Waals surface area (Å²) >= 11 is 12.2. The van der Waals surface area contributed by atoms with E-state index in [1.807, 2.05) is 0 Å². The Morgan fingerprint density at radius 1 is 0.920 bits per heavy atom. The van der Waals surface area contributed by atoms with E-state index in [-0.39, 0.29) is 26.9 Å². The van der Waals surface area contributed by atoms with Crippen LogP contribution in [0.3, 0.4) is 0 Å². The summed E-state index contributed by atoms with van der Waals surface area (Å²) in [6.07, 6.45) is 0. The van der Waals surface area contributed by atoms with Crippen molar-refractivity contribution < 1.29 is 23.8 Å². The number of rotatable bonds is 5. The normalized spacial score (nSPS) is 10.1. The van der Waals surface area contributed by atoms with Gasteiger partial charge in [0.2, 0.25) is 0 Å². The number of anilines is 1. The number of ether oxygens (including phenoxy) is 3. The third kappa shape index (κ3) is 4.15. The van der Waals surface area contributed by atoms with Crippen LogP contribution in [0.4, 0.5) is 5.69 Å². The first-order valence-corrected chi connectivity index (χ1v) is 7.77. The average Bonchev–Trinajstić information content (AvgIpc) is 2.61. The smallest absolute Gasteiger partial charge is 0.337 e. The van der Waals surface area contributed by atoms with E-state index >= 15 is 0 Å². The summed E-state index contributed by atoms with van der Waals surface area (Å²) in [5.41, 5.74) is 0.759. The van der Waals surface area contributed by atoms with Gasteiger partial charge in [0, 0.05) is 5.56 Å². The molecule has 0 spiro atoms. The molecule has 0 saturated heterocycles. The average molecular weight is 384 g/mol. The first kappa shape index (κ1) is 18.9. The zero-order chi connectivity index (χ0) is 18.6. The number of esters is 1. The lowest BCUT2D eigenvalue weighted by atomic mass is 10.1. The number of hydrogen-bond donors (Lipinski definition) is 1. The molecule has 1 N–H and O–H groups in total. The molecule has 0 aliphatic carbocycles. The Hall–Kier alpha value is -2.44. The van der Waals surface area contributed by atoms with E-state index in [0.29, 0.717) is 11.5 Å². The molecule has 0 fully saturated rings. The van der Waals surface area contributed by atoms with Crippen molar-refractivity contribution in [1.29, 1.82) is 0 Å². The van der Waals surface area contributed by atoms with Gasteiger partial charge in [-0.05, 0) is 30.3 Å². The number of methoxy groups -OCH3 is 3. The van der Waals surface area contributed by atoms with Crippen LogP contribution < -0.4 is 14.8 Å². The molecule has 0 atom stereocenters. The minimum Gasteiger partial charge on any atom is -0.493 e. The minimum atomic E-state index is -0.540. The fourth-order valence-corrected chi connectivity index (χ4v) is 2.56. The van der Waals surface area contributed by atoms with Crippen molar-refractivity contribution in [3.63, 3.8) is 0 Å². The van der Waals surface area contributed by atoms with Gasteiger partial charge in [0.25, 0.3) is 5.91 Å². The monoisotopic (exact) mass is 383 g/mol. The summed E-state index contributed by atoms with van der Waals surface area (Å²) in [6.45, 7) is 0. The first-order chi connectivity index (χ1) is 11.9. The Bertz CT molecular complexity index is 823. The van der Waals surface area contributed by atoms with Crippen LogP contribution >= 0.6 is 23.2 Å². The molecule has 0 bridgehead atoms. The zero-order valence-electron chi connectivity index (χ0n) is 13.7. The lowest BCUT2D eigenvalue weighted by Gasteiger charge is -2.13. The van der Waals surface area contributed by atoms with Gasteiger partial charge in [-0.3, -0.25) is 4.79 Å². The van der Waals surface area contributed by atoms with Crippen LogP contribution in [-0.2, 0) is 4.74 Å². The molecule has 1 amide bonds. The van der Waals surface area contributed by atoms with Crippen LogP contribution in [0.15, 0.2) is 30.3 Å². The molecule has 0 aliphatic rings. The lowest BCUT2D eigenvalue weighted by molar-refractivity contribution is 0.0600. The summed E-state index contributed by atoms with van der Waals surface area (Å²) in [5.74, 6) is -0.380. The Kier molecular flexibility index (Phi) is 6.12. The summed E-state index contributed by atoms with van der Waals surface area (Å²) in [5, 5.41) is 3.12. The summed E-state index contributed by atoms with van der Waals surface area (Å²) in [4.78, 5) is 24.1. The Balaban J connectivity index is 2.34. The molecule has 132 valence electrons. The number of benzene rings is 2. The van der Waals surface area contributed by atoms with E-state index in [2.05, 4.69) is 10.1 Å². The lowest BCUT2D eigenvalue weighted by Crippen LogP contribution is -2.13. The Morgan fingerprint density at radius 3 is 2.24 bits per heavy atom. The molecule has 0 saturated carbocycles. The second-order valence-corrected chi connectivity index (χ2v) is 5.65. The van der Waals surface area contributed by atoms with Gasteiger partial charge in [-0.2, -0.15) is 0 Å². The van der Waals surface area contributed by atoms with Crippen LogP contribution in [0.2, 0.25) is 10.0 Å². The predicted octanol–water partition coefficient (Wildman–Crippen LogP) is 4.05. The molecule has 6 nitrogen and oxygen atoms in total. The molecule has 2 rings (SSSR count). The fraction of sp³-hybridized carbons (Fsp3) is 0.176. The number of halogens is 2. The number of hydrogen-bond acceptors (Lipinski definition) is 5. The number of carbonyl (C=O) groups excluding carboxylic acids is 2. The molecule has 2 aromatic rings. The molecular weight excluding hydrogens is 369 g/mol. The maximum atomic E-state index is 12.5. The minimum absolute atomic E-state index is 0.224. The van der Waals surface area contributed by atoms with Crippen molar-refractivity contribution in [3.05, 3.63) is 51.5 Å². The van der Waals surface area contributed by atoms with Crippen LogP contribution in [0.25, 0.3) is 0 Å². The van der Waals surface area contributed by atoms with Gasteiger partial charge in [-0.15, -0.1) is 0 Å². The van der Waals surface area contributed by atoms with Gasteiger partial charge >= 0.3 is 5.97 Å². The van der Waals surface area contributed by atoms with E-state index in [9.17, 15) is 9.59 Å². The number of carbonyl (C=O) groups is 2. The quantitative estimate of drug-likeness (QED) is 0.788. The Morgan fingerprint density at radius 2 is 1.64 bits per heavy atom. The van der Waals surface area contributed by atoms with Gasteiger partial charge in [0.15, 0.2) is 11.5 Å². The summed E-state index contributed by atoms with van der Waals surface area (Å²) in [6, 6.07) is 7.34. The fourth-order valence-electron chi connectivity index (χ4n) is 2.11. The molecule has 0 aliphatic heterocycles. The highest BCUT2D eigenvalue weighted by molar-refractivity contribution is 6.34. The van der Waals surface area contributed by atoms with Gasteiger partial charge in [0.1, 0.15) is 0 Å². The molecule has 0 heterocycles. The molecular formula is C17H15Cl2NO5. The number of amides is 1. The maximum absolute atomic E-state index is 12.5. The van der Waals surface area contributed by atoms with E-state index in [1.54, 1.807) is 0 Å². The van der Waals surface area contributed by atoms with Crippen molar-refractivity contribution in [1.82, 2.24) is 0 Å². The zero-order valence-corrected chi connectivity index (χ0v) is 15.2. The highest BCUT2D eigenvalue weighted by atomic mass is 35.5. The molecule has 25 heavy (non-hydrogen) atoms. The van der Waals surface area contributed by atoms with Crippen molar-refractivity contribution in [2.24, 2.45) is 0 Å². The van der Waals surface area contributed by atoms with Crippen molar-refractivity contribution >= 4 is 40.8 Å². The predicted molar refractivity (Wildman–Crippen MR) is 95.3 cm³/mol. The third-order valence-corrected chi connectivity index (χ3v) is 3.94. The van der Waals surface area contributed by atoms with Crippen LogP contribution in [0.1, 0.15) is 20.7 Å². The van der Waals surface area contributed by atoms with Crippen molar-refractivity contribution in [2.45, 2.75) is 0 Å². The summed E-state index contributed by atoms with van der Waals surface area (Å²) in [7, 11) is 4.15. The van der Waals surface area contributed by atoms with Crippen LogP contribution in [0, 0.1) is 0 Å². The van der Waals surface area contributed by atoms with E-state index < -0.39 is 11.9 Å². The van der Waals surface area contributed by atoms with Crippen molar-refractivity contribution in [2.75, 3.05) is 26.6 Å². The first-order valence-electron chi connectivity index (χ1n) is 7.02. The molecule has 0 unspecified atom stereocenters. The SMILES string of the molecule is COC(=O)c1ccc(Cl)c(NC(=O)c2cc(Cl)c(OC)c(OC)c2)c1. The van der Waals surface area contributed by atoms with E-state index in [1.165, 1.54) is 51.7 Å². The summed E-state index contributed by atoms with van der Waals surface area (Å²) < 4.78 is 15.0. The molecule has 0 radical (unpaired) electrons. The Labute approximate surface area is 154 Å². The van der Waals surface area contributed by atoms with Crippen molar-refractivity contribution in [3.8, 4) is 11.5 Å². The molecule has 0 aromatic heterocycles. The topological polar surface area (TPSA) is 73.9 Å². The van der Waals surface area contributed by atoms with Gasteiger partial charge in [-0.1, -0.05) is 23.2 Å². The maximum Gasteiger partial charge on any atom is 0.337 e. The van der Waals surface area contributed by atoms with Crippen LogP contribution in [0.5, 0.6) is 11.5 Å². The highest BCUT2D eigenvalue weighted by Crippen LogP contribution is 2.36. The van der Waals surface area contributed by atoms with E-state index in [0.717, 1.165) is 0 Å². The molecule has 2 aromatic carbocycles. The van der Waals surface area contributed by atoms with Gasteiger partial charge < -0.3 is 19.5 Å². The standard InChI is InChI=1S/C17H15Cl2NO5/c1-23-14-8-10(6-12(19)15(14)24-2)16(21)20-13-7-9(17(22)25-3)4-5-11(13)18/h4-8H,1-3H3,(H,20,21). The van der Waals surface area contributed by atoms with Crippen LogP contribution in [-0.4, -0.2) is 33.2 Å².